The zero-order valence-corrected chi connectivity index (χ0v) is 37.7. The molecule has 0 aliphatic carbocycles. The molecule has 2 aromatic heterocycles. The summed E-state index contributed by atoms with van der Waals surface area (Å²) >= 11 is 0. The molecule has 0 N–H and O–H groups in total. The fourth-order valence-electron chi connectivity index (χ4n) is 10.8. The van der Waals surface area contributed by atoms with E-state index in [2.05, 4.69) is 264 Å². The molecule has 13 rings (SSSR count). The second kappa shape index (κ2) is 16.6. The highest BCUT2D eigenvalue weighted by Crippen LogP contribution is 2.57. The summed E-state index contributed by atoms with van der Waals surface area (Å²) in [6, 6.07) is 96.0. The Morgan fingerprint density at radius 3 is 1.42 bits per heavy atom. The van der Waals surface area contributed by atoms with Crippen molar-refractivity contribution in [3.05, 3.63) is 289 Å². The van der Waals surface area contributed by atoms with Crippen molar-refractivity contribution < 1.29 is 0 Å². The van der Waals surface area contributed by atoms with Gasteiger partial charge >= 0.3 is 0 Å². The fourth-order valence-corrected chi connectivity index (χ4v) is 10.8. The summed E-state index contributed by atoms with van der Waals surface area (Å²) in [5, 5.41) is 2.41. The normalized spacial score (nSPS) is 12.7. The molecule has 3 heterocycles. The Balaban J connectivity index is 0.954. The summed E-state index contributed by atoms with van der Waals surface area (Å²) in [6.45, 7) is 0. The van der Waals surface area contributed by atoms with Crippen LogP contribution in [-0.4, -0.2) is 14.5 Å². The summed E-state index contributed by atoms with van der Waals surface area (Å²) in [6.07, 6.45) is 0. The molecule has 0 spiro atoms. The van der Waals surface area contributed by atoms with Crippen LogP contribution < -0.4 is 4.90 Å². The third-order valence-corrected chi connectivity index (χ3v) is 13.9. The van der Waals surface area contributed by atoms with Crippen molar-refractivity contribution in [3.63, 3.8) is 0 Å². The predicted octanol–water partition coefficient (Wildman–Crippen LogP) is 16.4. The number of anilines is 3. The lowest BCUT2D eigenvalue weighted by molar-refractivity contribution is 0.731. The lowest BCUT2D eigenvalue weighted by Gasteiger charge is -2.46. The maximum atomic E-state index is 5.16. The second-order valence-electron chi connectivity index (χ2n) is 17.7. The molecule has 0 atom stereocenters. The molecule has 12 aromatic rings. The quantitative estimate of drug-likeness (QED) is 0.152. The first-order valence-corrected chi connectivity index (χ1v) is 23.6. The number of rotatable bonds is 8. The highest BCUT2D eigenvalue weighted by Gasteiger charge is 2.46. The molecule has 0 fully saturated rings. The standard InChI is InChI=1S/C65H44N4/c1-5-21-45(22-6-1)58-44-59(46-23-7-2-8-24-46)67-64(66-58)49-26-19-25-47(41-49)48-39-40-55-54-33-13-16-36-60(54)68(63(55)42-48)52-31-20-32-53(43-52)69-61-37-17-14-34-56(61)65(50-27-9-3-10-28-50,51-29-11-4-12-30-51)57-35-15-18-38-62(57)69/h1-44H. The molecule has 10 aromatic carbocycles. The number of hydrogen-bond donors (Lipinski definition) is 0. The van der Waals surface area contributed by atoms with Crippen LogP contribution in [0.4, 0.5) is 17.1 Å². The summed E-state index contributed by atoms with van der Waals surface area (Å²) < 4.78 is 2.43. The number of nitrogens with zero attached hydrogens (tertiary/aromatic N) is 4. The highest BCUT2D eigenvalue weighted by atomic mass is 15.2. The van der Waals surface area contributed by atoms with Gasteiger partial charge < -0.3 is 9.47 Å². The molecule has 0 saturated heterocycles. The Bertz CT molecular complexity index is 3700. The average Bonchev–Trinajstić information content (AvgIpc) is 3.77. The molecule has 1 aliphatic heterocycles. The second-order valence-corrected chi connectivity index (χ2v) is 17.7. The van der Waals surface area contributed by atoms with E-state index in [1.807, 2.05) is 12.1 Å². The SMILES string of the molecule is c1ccc(-c2cc(-c3ccccc3)nc(-c3cccc(-c4ccc5c6ccccc6n(-c6cccc(N7c8ccccc8C(c8ccccc8)(c8ccccc8)c8ccccc87)c6)c5c4)c3)n2)cc1. The maximum Gasteiger partial charge on any atom is 0.160 e. The smallest absolute Gasteiger partial charge is 0.160 e. The van der Waals surface area contributed by atoms with Crippen molar-refractivity contribution in [1.29, 1.82) is 0 Å². The lowest BCUT2D eigenvalue weighted by Crippen LogP contribution is -2.37. The van der Waals surface area contributed by atoms with E-state index in [9.17, 15) is 0 Å². The van der Waals surface area contributed by atoms with Crippen LogP contribution in [0, 0.1) is 0 Å². The Kier molecular flexibility index (Phi) is 9.69. The van der Waals surface area contributed by atoms with Crippen molar-refractivity contribution in [2.75, 3.05) is 4.90 Å². The van der Waals surface area contributed by atoms with Gasteiger partial charge in [0.25, 0.3) is 0 Å². The number of para-hydroxylation sites is 3. The first kappa shape index (κ1) is 40.2. The Morgan fingerprint density at radius 2 is 0.783 bits per heavy atom. The van der Waals surface area contributed by atoms with E-state index in [-0.39, 0.29) is 0 Å². The van der Waals surface area contributed by atoms with Crippen LogP contribution in [-0.2, 0) is 5.41 Å². The summed E-state index contributed by atoms with van der Waals surface area (Å²) in [5.41, 5.74) is 18.2. The summed E-state index contributed by atoms with van der Waals surface area (Å²) in [5.74, 6) is 0.690. The van der Waals surface area contributed by atoms with Crippen molar-refractivity contribution in [1.82, 2.24) is 14.5 Å². The molecule has 69 heavy (non-hydrogen) atoms. The minimum absolute atomic E-state index is 0.536. The van der Waals surface area contributed by atoms with Crippen molar-refractivity contribution >= 4 is 38.9 Å². The van der Waals surface area contributed by atoms with E-state index >= 15 is 0 Å². The minimum atomic E-state index is -0.536. The first-order chi connectivity index (χ1) is 34.2. The Labute approximate surface area is 401 Å². The van der Waals surface area contributed by atoms with Crippen LogP contribution in [0.25, 0.3) is 72.5 Å². The number of fused-ring (bicyclic) bond motifs is 5. The average molecular weight is 881 g/mol. The summed E-state index contributed by atoms with van der Waals surface area (Å²) in [4.78, 5) is 12.8. The maximum absolute atomic E-state index is 5.16. The molecule has 0 radical (unpaired) electrons. The molecular formula is C65H44N4. The van der Waals surface area contributed by atoms with Crippen molar-refractivity contribution in [3.8, 4) is 50.7 Å². The van der Waals surface area contributed by atoms with Crippen LogP contribution in [0.2, 0.25) is 0 Å². The van der Waals surface area contributed by atoms with E-state index in [0.717, 1.165) is 73.0 Å². The lowest BCUT2D eigenvalue weighted by atomic mass is 9.62. The zero-order chi connectivity index (χ0) is 45.7. The van der Waals surface area contributed by atoms with Crippen LogP contribution in [0.3, 0.4) is 0 Å². The van der Waals surface area contributed by atoms with E-state index < -0.39 is 5.41 Å². The number of benzene rings is 10. The van der Waals surface area contributed by atoms with E-state index in [4.69, 9.17) is 9.97 Å². The van der Waals surface area contributed by atoms with Gasteiger partial charge in [-0.25, -0.2) is 9.97 Å². The van der Waals surface area contributed by atoms with Gasteiger partial charge in [-0.15, -0.1) is 0 Å². The van der Waals surface area contributed by atoms with Crippen molar-refractivity contribution in [2.45, 2.75) is 5.41 Å². The van der Waals surface area contributed by atoms with E-state index in [1.54, 1.807) is 0 Å². The fraction of sp³-hybridized carbons (Fsp3) is 0.0154. The first-order valence-electron chi connectivity index (χ1n) is 23.6. The van der Waals surface area contributed by atoms with E-state index in [0.29, 0.717) is 5.82 Å². The van der Waals surface area contributed by atoms with Crippen LogP contribution in [0.15, 0.2) is 267 Å². The number of hydrogen-bond acceptors (Lipinski definition) is 3. The molecule has 1 aliphatic rings. The third-order valence-electron chi connectivity index (χ3n) is 13.9. The van der Waals surface area contributed by atoms with Gasteiger partial charge in [-0.05, 0) is 88.0 Å². The van der Waals surface area contributed by atoms with Gasteiger partial charge in [-0.2, -0.15) is 0 Å². The zero-order valence-electron chi connectivity index (χ0n) is 37.7. The van der Waals surface area contributed by atoms with Gasteiger partial charge in [0.2, 0.25) is 0 Å². The molecule has 4 nitrogen and oxygen atoms in total. The molecular weight excluding hydrogens is 837 g/mol. The molecule has 0 saturated carbocycles. The Hall–Kier alpha value is -9.12. The van der Waals surface area contributed by atoms with Gasteiger partial charge in [0.05, 0.1) is 39.2 Å². The molecule has 324 valence electrons. The minimum Gasteiger partial charge on any atom is -0.310 e. The third kappa shape index (κ3) is 6.68. The van der Waals surface area contributed by atoms with E-state index in [1.165, 1.54) is 33.0 Å². The van der Waals surface area contributed by atoms with Crippen LogP contribution >= 0.6 is 0 Å². The predicted molar refractivity (Wildman–Crippen MR) is 285 cm³/mol. The Morgan fingerprint density at radius 1 is 0.304 bits per heavy atom. The van der Waals surface area contributed by atoms with Gasteiger partial charge in [0, 0.05) is 38.8 Å². The highest BCUT2D eigenvalue weighted by molar-refractivity contribution is 6.10. The number of aromatic nitrogens is 3. The monoisotopic (exact) mass is 880 g/mol. The van der Waals surface area contributed by atoms with Gasteiger partial charge in [-0.3, -0.25) is 0 Å². The van der Waals surface area contributed by atoms with Crippen LogP contribution in [0.1, 0.15) is 22.3 Å². The summed E-state index contributed by atoms with van der Waals surface area (Å²) in [7, 11) is 0. The van der Waals surface area contributed by atoms with Gasteiger partial charge in [0.15, 0.2) is 5.82 Å². The van der Waals surface area contributed by atoms with Gasteiger partial charge in [-0.1, -0.05) is 212 Å². The van der Waals surface area contributed by atoms with Gasteiger partial charge in [0.1, 0.15) is 0 Å². The van der Waals surface area contributed by atoms with Crippen LogP contribution in [0.5, 0.6) is 0 Å². The molecule has 0 bridgehead atoms. The largest absolute Gasteiger partial charge is 0.310 e. The molecule has 0 unspecified atom stereocenters. The molecule has 0 amide bonds. The van der Waals surface area contributed by atoms with Crippen molar-refractivity contribution in [2.24, 2.45) is 0 Å². The topological polar surface area (TPSA) is 34.0 Å². The molecule has 4 heteroatoms.